The first-order valence-corrected chi connectivity index (χ1v) is 8.64. The molecule has 0 aromatic heterocycles. The van der Waals surface area contributed by atoms with Crippen LogP contribution < -0.4 is 20.1 Å². The maximum atomic E-state index is 12.3. The normalized spacial score (nSPS) is 13.2. The van der Waals surface area contributed by atoms with Crippen LogP contribution in [0.2, 0.25) is 0 Å². The molecule has 2 amide bonds. The Morgan fingerprint density at radius 3 is 2.62 bits per heavy atom. The number of hydrogen-bond donors (Lipinski definition) is 2. The predicted molar refractivity (Wildman–Crippen MR) is 97.4 cm³/mol. The van der Waals surface area contributed by atoms with Crippen molar-refractivity contribution in [2.45, 2.75) is 32.9 Å². The molecule has 0 aliphatic carbocycles. The molecule has 0 saturated carbocycles. The number of carbonyl (C=O) groups is 2. The predicted octanol–water partition coefficient (Wildman–Crippen LogP) is 2.87. The third-order valence-corrected chi connectivity index (χ3v) is 4.27. The minimum Gasteiger partial charge on any atom is -0.454 e. The molecule has 6 heteroatoms. The number of benzene rings is 2. The van der Waals surface area contributed by atoms with Crippen LogP contribution in [0.25, 0.3) is 0 Å². The minimum absolute atomic E-state index is 0.108. The van der Waals surface area contributed by atoms with Crippen LogP contribution in [0, 0.1) is 0 Å². The molecule has 0 unspecified atom stereocenters. The quantitative estimate of drug-likeness (QED) is 0.836. The molecule has 2 aromatic rings. The number of ether oxygens (including phenoxy) is 2. The lowest BCUT2D eigenvalue weighted by Gasteiger charge is -2.12. The summed E-state index contributed by atoms with van der Waals surface area (Å²) < 4.78 is 10.5. The zero-order valence-electron chi connectivity index (χ0n) is 14.9. The fourth-order valence-corrected chi connectivity index (χ4v) is 2.55. The highest BCUT2D eigenvalue weighted by atomic mass is 16.7. The molecule has 1 aliphatic heterocycles. The van der Waals surface area contributed by atoms with Crippen LogP contribution in [0.4, 0.5) is 0 Å². The van der Waals surface area contributed by atoms with Gasteiger partial charge in [0.2, 0.25) is 6.79 Å². The fourth-order valence-electron chi connectivity index (χ4n) is 2.55. The van der Waals surface area contributed by atoms with E-state index in [9.17, 15) is 9.59 Å². The van der Waals surface area contributed by atoms with Crippen molar-refractivity contribution < 1.29 is 19.1 Å². The van der Waals surface area contributed by atoms with Gasteiger partial charge in [-0.05, 0) is 49.2 Å². The van der Waals surface area contributed by atoms with E-state index in [4.69, 9.17) is 9.47 Å². The highest BCUT2D eigenvalue weighted by Gasteiger charge is 2.16. The summed E-state index contributed by atoms with van der Waals surface area (Å²) in [4.78, 5) is 24.5. The van der Waals surface area contributed by atoms with Gasteiger partial charge in [-0.1, -0.05) is 19.1 Å². The lowest BCUT2D eigenvalue weighted by Crippen LogP contribution is -2.32. The summed E-state index contributed by atoms with van der Waals surface area (Å²) in [5, 5.41) is 5.79. The van der Waals surface area contributed by atoms with E-state index < -0.39 is 0 Å². The van der Waals surface area contributed by atoms with Crippen LogP contribution in [0.15, 0.2) is 42.5 Å². The third kappa shape index (κ3) is 4.14. The van der Waals surface area contributed by atoms with Crippen LogP contribution >= 0.6 is 0 Å². The topological polar surface area (TPSA) is 76.7 Å². The monoisotopic (exact) mass is 354 g/mol. The summed E-state index contributed by atoms with van der Waals surface area (Å²) in [5.74, 6) is 0.893. The van der Waals surface area contributed by atoms with E-state index in [2.05, 4.69) is 10.6 Å². The Hall–Kier alpha value is -3.02. The smallest absolute Gasteiger partial charge is 0.251 e. The summed E-state index contributed by atoms with van der Waals surface area (Å²) in [5.41, 5.74) is 1.94. The molecule has 26 heavy (non-hydrogen) atoms. The summed E-state index contributed by atoms with van der Waals surface area (Å²) in [6, 6.07) is 12.4. The zero-order chi connectivity index (χ0) is 18.5. The number of rotatable bonds is 6. The molecule has 0 fully saturated rings. The van der Waals surface area contributed by atoms with Crippen molar-refractivity contribution in [1.29, 1.82) is 0 Å². The second kappa shape index (κ2) is 7.91. The lowest BCUT2D eigenvalue weighted by atomic mass is 10.1. The van der Waals surface area contributed by atoms with Crippen LogP contribution in [0.1, 0.15) is 46.5 Å². The minimum atomic E-state index is -0.210. The average Bonchev–Trinajstić information content (AvgIpc) is 3.13. The second-order valence-electron chi connectivity index (χ2n) is 6.23. The molecule has 0 spiro atoms. The first-order valence-electron chi connectivity index (χ1n) is 8.64. The van der Waals surface area contributed by atoms with Crippen molar-refractivity contribution in [3.8, 4) is 11.5 Å². The Morgan fingerprint density at radius 1 is 1.04 bits per heavy atom. The van der Waals surface area contributed by atoms with E-state index in [1.54, 1.807) is 30.3 Å². The molecule has 3 rings (SSSR count). The Balaban J connectivity index is 1.61. The molecule has 0 saturated heterocycles. The van der Waals surface area contributed by atoms with Crippen LogP contribution in [-0.2, 0) is 6.54 Å². The molecular weight excluding hydrogens is 332 g/mol. The molecule has 2 N–H and O–H groups in total. The van der Waals surface area contributed by atoms with Crippen LogP contribution in [0.3, 0.4) is 0 Å². The van der Waals surface area contributed by atoms with Gasteiger partial charge in [0, 0.05) is 23.7 Å². The molecule has 0 bridgehead atoms. The van der Waals surface area contributed by atoms with Crippen molar-refractivity contribution in [2.75, 3.05) is 6.79 Å². The summed E-state index contributed by atoms with van der Waals surface area (Å²) in [7, 11) is 0. The van der Waals surface area contributed by atoms with E-state index in [1.165, 1.54) is 0 Å². The lowest BCUT2D eigenvalue weighted by molar-refractivity contribution is 0.0936. The van der Waals surface area contributed by atoms with Crippen molar-refractivity contribution in [3.05, 3.63) is 59.2 Å². The van der Waals surface area contributed by atoms with Crippen molar-refractivity contribution in [1.82, 2.24) is 10.6 Å². The van der Waals surface area contributed by atoms with Gasteiger partial charge in [0.25, 0.3) is 11.8 Å². The summed E-state index contributed by atoms with van der Waals surface area (Å²) in [6.45, 7) is 4.49. The van der Waals surface area contributed by atoms with Gasteiger partial charge in [0.15, 0.2) is 11.5 Å². The molecule has 136 valence electrons. The van der Waals surface area contributed by atoms with Gasteiger partial charge in [-0.3, -0.25) is 9.59 Å². The van der Waals surface area contributed by atoms with E-state index in [0.717, 1.165) is 12.0 Å². The number of hydrogen-bond acceptors (Lipinski definition) is 4. The highest BCUT2D eigenvalue weighted by molar-refractivity contribution is 5.95. The van der Waals surface area contributed by atoms with Crippen molar-refractivity contribution in [2.24, 2.45) is 0 Å². The van der Waals surface area contributed by atoms with E-state index in [0.29, 0.717) is 29.2 Å². The molecule has 0 radical (unpaired) electrons. The number of fused-ring (bicyclic) bond motifs is 1. The average molecular weight is 354 g/mol. The largest absolute Gasteiger partial charge is 0.454 e. The van der Waals surface area contributed by atoms with Crippen LogP contribution in [-0.4, -0.2) is 24.6 Å². The first kappa shape index (κ1) is 17.8. The van der Waals surface area contributed by atoms with Gasteiger partial charge in [-0.15, -0.1) is 0 Å². The van der Waals surface area contributed by atoms with Gasteiger partial charge < -0.3 is 20.1 Å². The van der Waals surface area contributed by atoms with Crippen molar-refractivity contribution in [3.63, 3.8) is 0 Å². The fraction of sp³-hybridized carbons (Fsp3) is 0.300. The second-order valence-corrected chi connectivity index (χ2v) is 6.23. The van der Waals surface area contributed by atoms with Gasteiger partial charge in [-0.25, -0.2) is 0 Å². The number of nitrogens with one attached hydrogen (secondary N) is 2. The molecule has 1 aliphatic rings. The maximum absolute atomic E-state index is 12.3. The van der Waals surface area contributed by atoms with Crippen molar-refractivity contribution >= 4 is 11.8 Å². The molecular formula is C20H22N2O4. The van der Waals surface area contributed by atoms with Gasteiger partial charge in [0.05, 0.1) is 0 Å². The maximum Gasteiger partial charge on any atom is 0.251 e. The standard InChI is InChI=1S/C20H22N2O4/c1-3-13(2)22-20(24)15-6-4-5-14(9-15)11-21-19(23)16-7-8-17-18(10-16)26-12-25-17/h4-10,13H,3,11-12H2,1-2H3,(H,21,23)(H,22,24)/t13-/m0/s1. The van der Waals surface area contributed by atoms with Crippen LogP contribution in [0.5, 0.6) is 11.5 Å². The Bertz CT molecular complexity index is 819. The van der Waals surface area contributed by atoms with E-state index >= 15 is 0 Å². The Kier molecular flexibility index (Phi) is 5.41. The molecule has 6 nitrogen and oxygen atoms in total. The molecule has 2 aromatic carbocycles. The first-order chi connectivity index (χ1) is 12.6. The van der Waals surface area contributed by atoms with Gasteiger partial charge >= 0.3 is 0 Å². The van der Waals surface area contributed by atoms with Gasteiger partial charge in [-0.2, -0.15) is 0 Å². The molecule has 1 atom stereocenters. The number of amides is 2. The van der Waals surface area contributed by atoms with Gasteiger partial charge in [0.1, 0.15) is 0 Å². The summed E-state index contributed by atoms with van der Waals surface area (Å²) in [6.07, 6.45) is 0.872. The van der Waals surface area contributed by atoms with E-state index in [1.807, 2.05) is 26.0 Å². The third-order valence-electron chi connectivity index (χ3n) is 4.27. The highest BCUT2D eigenvalue weighted by Crippen LogP contribution is 2.32. The molecule has 1 heterocycles. The number of carbonyl (C=O) groups excluding carboxylic acids is 2. The zero-order valence-corrected chi connectivity index (χ0v) is 14.9. The summed E-state index contributed by atoms with van der Waals surface area (Å²) >= 11 is 0. The Morgan fingerprint density at radius 2 is 1.81 bits per heavy atom. The SMILES string of the molecule is CC[C@H](C)NC(=O)c1cccc(CNC(=O)c2ccc3c(c2)OCO3)c1. The van der Waals surface area contributed by atoms with E-state index in [-0.39, 0.29) is 24.6 Å². The Labute approximate surface area is 152 Å².